The van der Waals surface area contributed by atoms with E-state index in [0.29, 0.717) is 0 Å². The fourth-order valence-corrected chi connectivity index (χ4v) is 1.97. The quantitative estimate of drug-likeness (QED) is 0.649. The first kappa shape index (κ1) is 13.8. The average molecular weight is 275 g/mol. The van der Waals surface area contributed by atoms with Crippen molar-refractivity contribution >= 4 is 11.6 Å². The third kappa shape index (κ3) is 2.69. The minimum absolute atomic E-state index is 0.0580. The fraction of sp³-hybridized carbons (Fsp3) is 0.385. The normalized spacial score (nSPS) is 15.0. The molecule has 0 radical (unpaired) electrons. The molecule has 1 aromatic carbocycles. The van der Waals surface area contributed by atoms with Gasteiger partial charge in [-0.3, -0.25) is 14.9 Å². The maximum atomic E-state index is 12.1. The highest BCUT2D eigenvalue weighted by atomic mass is 16.6. The van der Waals surface area contributed by atoms with Crippen LogP contribution in [0.3, 0.4) is 0 Å². The van der Waals surface area contributed by atoms with E-state index in [2.05, 4.69) is 5.32 Å². The molecule has 0 saturated heterocycles. The van der Waals surface area contributed by atoms with Gasteiger partial charge in [-0.25, -0.2) is 0 Å². The molecule has 0 aliphatic heterocycles. The minimum Gasteiger partial charge on any atom is -0.490 e. The molecule has 1 saturated carbocycles. The second-order valence-corrected chi connectivity index (χ2v) is 4.53. The van der Waals surface area contributed by atoms with Crippen LogP contribution in [0.5, 0.6) is 5.75 Å². The van der Waals surface area contributed by atoms with Crippen molar-refractivity contribution in [2.45, 2.75) is 18.9 Å². The Hall–Kier alpha value is -2.62. The van der Waals surface area contributed by atoms with Crippen molar-refractivity contribution in [3.05, 3.63) is 33.9 Å². The lowest BCUT2D eigenvalue weighted by molar-refractivity contribution is -0.385. The summed E-state index contributed by atoms with van der Waals surface area (Å²) in [5.41, 5.74) is -0.220. The summed E-state index contributed by atoms with van der Waals surface area (Å²) < 4.78 is 4.96. The monoisotopic (exact) mass is 275 g/mol. The number of nitrogens with one attached hydrogen (secondary N) is 1. The Morgan fingerprint density at radius 1 is 1.60 bits per heavy atom. The second kappa shape index (κ2) is 5.57. The van der Waals surface area contributed by atoms with Crippen LogP contribution in [0.15, 0.2) is 18.2 Å². The summed E-state index contributed by atoms with van der Waals surface area (Å²) in [5.74, 6) is -0.458. The van der Waals surface area contributed by atoms with Crippen molar-refractivity contribution in [2.24, 2.45) is 5.92 Å². The van der Waals surface area contributed by atoms with Crippen LogP contribution < -0.4 is 10.1 Å². The predicted octanol–water partition coefficient (Wildman–Crippen LogP) is 1.64. The first-order valence-electron chi connectivity index (χ1n) is 6.10. The van der Waals surface area contributed by atoms with E-state index in [9.17, 15) is 14.9 Å². The lowest BCUT2D eigenvalue weighted by atomic mass is 10.1. The fourth-order valence-electron chi connectivity index (χ4n) is 1.97. The molecule has 0 aromatic heterocycles. The number of carbonyl (C=O) groups is 1. The van der Waals surface area contributed by atoms with Crippen molar-refractivity contribution in [2.75, 3.05) is 7.11 Å². The molecule has 0 heterocycles. The van der Waals surface area contributed by atoms with Crippen LogP contribution in [0.25, 0.3) is 0 Å². The number of nitro benzene ring substituents is 1. The summed E-state index contributed by atoms with van der Waals surface area (Å²) in [6, 6.07) is 5.58. The van der Waals surface area contributed by atoms with Gasteiger partial charge in [0, 0.05) is 6.07 Å². The van der Waals surface area contributed by atoms with Crippen LogP contribution in [0.4, 0.5) is 5.69 Å². The third-order valence-electron chi connectivity index (χ3n) is 3.16. The maximum absolute atomic E-state index is 12.1. The number of rotatable bonds is 5. The largest absolute Gasteiger partial charge is 0.490 e. The number of ether oxygens (including phenoxy) is 1. The smallest absolute Gasteiger partial charge is 0.311 e. The number of carbonyl (C=O) groups excluding carboxylic acids is 1. The van der Waals surface area contributed by atoms with Crippen LogP contribution in [-0.2, 0) is 0 Å². The van der Waals surface area contributed by atoms with Crippen molar-refractivity contribution in [1.82, 2.24) is 5.32 Å². The Morgan fingerprint density at radius 2 is 2.30 bits per heavy atom. The van der Waals surface area contributed by atoms with Crippen LogP contribution in [0, 0.1) is 27.4 Å². The number of para-hydroxylation sites is 1. The van der Waals surface area contributed by atoms with Gasteiger partial charge < -0.3 is 10.1 Å². The van der Waals surface area contributed by atoms with E-state index in [4.69, 9.17) is 10.00 Å². The Kier molecular flexibility index (Phi) is 3.84. The van der Waals surface area contributed by atoms with E-state index < -0.39 is 16.9 Å². The van der Waals surface area contributed by atoms with Crippen molar-refractivity contribution < 1.29 is 14.5 Å². The number of benzene rings is 1. The molecule has 7 nitrogen and oxygen atoms in total. The highest BCUT2D eigenvalue weighted by molar-refractivity contribution is 5.98. The van der Waals surface area contributed by atoms with Crippen LogP contribution >= 0.6 is 0 Å². The molecule has 1 N–H and O–H groups in total. The second-order valence-electron chi connectivity index (χ2n) is 4.53. The van der Waals surface area contributed by atoms with Crippen LogP contribution in [-0.4, -0.2) is 24.0 Å². The summed E-state index contributed by atoms with van der Waals surface area (Å²) in [6.07, 6.45) is 1.81. The van der Waals surface area contributed by atoms with E-state index in [1.54, 1.807) is 0 Å². The van der Waals surface area contributed by atoms with E-state index in [0.717, 1.165) is 12.8 Å². The van der Waals surface area contributed by atoms with Crippen LogP contribution in [0.1, 0.15) is 23.2 Å². The van der Waals surface area contributed by atoms with E-state index >= 15 is 0 Å². The van der Waals surface area contributed by atoms with Gasteiger partial charge in [0.15, 0.2) is 0 Å². The summed E-state index contributed by atoms with van der Waals surface area (Å²) in [6.45, 7) is 0. The SMILES string of the molecule is COc1c(C(=O)NC(C#N)C2CC2)cccc1[N+](=O)[O-]. The number of methoxy groups -OCH3 is 1. The van der Waals surface area contributed by atoms with Gasteiger partial charge in [-0.2, -0.15) is 5.26 Å². The summed E-state index contributed by atoms with van der Waals surface area (Å²) in [5, 5.41) is 22.5. The van der Waals surface area contributed by atoms with Crippen molar-refractivity contribution in [1.29, 1.82) is 5.26 Å². The van der Waals surface area contributed by atoms with Crippen LogP contribution in [0.2, 0.25) is 0 Å². The number of amides is 1. The van der Waals surface area contributed by atoms with E-state index in [-0.39, 0.29) is 22.9 Å². The Morgan fingerprint density at radius 3 is 2.80 bits per heavy atom. The van der Waals surface area contributed by atoms with Gasteiger partial charge in [0.25, 0.3) is 5.91 Å². The Labute approximate surface area is 115 Å². The molecule has 1 aliphatic rings. The number of hydrogen-bond donors (Lipinski definition) is 1. The molecule has 0 spiro atoms. The molecule has 20 heavy (non-hydrogen) atoms. The highest BCUT2D eigenvalue weighted by Gasteiger charge is 2.33. The van der Waals surface area contributed by atoms with Gasteiger partial charge in [0.05, 0.1) is 23.7 Å². The Bertz CT molecular complexity index is 590. The molecule has 1 amide bonds. The first-order valence-corrected chi connectivity index (χ1v) is 6.10. The average Bonchev–Trinajstić information content (AvgIpc) is 3.27. The molecule has 0 bridgehead atoms. The number of nitriles is 1. The van der Waals surface area contributed by atoms with E-state index in [1.807, 2.05) is 6.07 Å². The summed E-state index contributed by atoms with van der Waals surface area (Å²) >= 11 is 0. The molecule has 1 aromatic rings. The molecule has 7 heteroatoms. The molecule has 1 aliphatic carbocycles. The molecular weight excluding hydrogens is 262 g/mol. The highest BCUT2D eigenvalue weighted by Crippen LogP contribution is 2.34. The zero-order chi connectivity index (χ0) is 14.7. The zero-order valence-electron chi connectivity index (χ0n) is 10.8. The molecule has 1 atom stereocenters. The first-order chi connectivity index (χ1) is 9.58. The molecule has 1 unspecified atom stereocenters. The molecule has 2 rings (SSSR count). The summed E-state index contributed by atoms with van der Waals surface area (Å²) in [7, 11) is 1.27. The molecular formula is C13H13N3O4. The van der Waals surface area contributed by atoms with Crippen molar-refractivity contribution in [3.63, 3.8) is 0 Å². The van der Waals surface area contributed by atoms with Gasteiger partial charge in [-0.15, -0.1) is 0 Å². The van der Waals surface area contributed by atoms with E-state index in [1.165, 1.54) is 25.3 Å². The zero-order valence-corrected chi connectivity index (χ0v) is 10.8. The lowest BCUT2D eigenvalue weighted by Gasteiger charge is -2.12. The third-order valence-corrected chi connectivity index (χ3v) is 3.16. The number of nitrogens with zero attached hydrogens (tertiary/aromatic N) is 2. The van der Waals surface area contributed by atoms with Gasteiger partial charge in [0.2, 0.25) is 5.75 Å². The number of hydrogen-bond acceptors (Lipinski definition) is 5. The standard InChI is InChI=1S/C13H13N3O4/c1-20-12-9(3-2-4-11(12)16(18)19)13(17)15-10(7-14)8-5-6-8/h2-4,8,10H,5-6H2,1H3,(H,15,17). The van der Waals surface area contributed by atoms with Gasteiger partial charge in [0.1, 0.15) is 6.04 Å². The maximum Gasteiger partial charge on any atom is 0.311 e. The van der Waals surface area contributed by atoms with Crippen molar-refractivity contribution in [3.8, 4) is 11.8 Å². The topological polar surface area (TPSA) is 105 Å². The van der Waals surface area contributed by atoms with Gasteiger partial charge >= 0.3 is 5.69 Å². The van der Waals surface area contributed by atoms with Gasteiger partial charge in [-0.05, 0) is 24.8 Å². The van der Waals surface area contributed by atoms with Gasteiger partial charge in [-0.1, -0.05) is 6.07 Å². The summed E-state index contributed by atoms with van der Waals surface area (Å²) in [4.78, 5) is 22.4. The number of nitro groups is 1. The minimum atomic E-state index is -0.613. The lowest BCUT2D eigenvalue weighted by Crippen LogP contribution is -2.35. The Balaban J connectivity index is 2.27. The predicted molar refractivity (Wildman–Crippen MR) is 69.2 cm³/mol. The molecule has 1 fully saturated rings. The molecule has 104 valence electrons.